The highest BCUT2D eigenvalue weighted by atomic mass is 32.2. The highest BCUT2D eigenvalue weighted by molar-refractivity contribution is 7.99. The monoisotopic (exact) mass is 265 g/mol. The Balaban J connectivity index is 2.29. The Morgan fingerprint density at radius 1 is 1.39 bits per heavy atom. The van der Waals surface area contributed by atoms with Crippen LogP contribution in [0.4, 0.5) is 0 Å². The third kappa shape index (κ3) is 5.21. The molecule has 0 atom stereocenters. The minimum atomic E-state index is -0.258. The molecule has 96 valence electrons. The number of nitrogens with zero attached hydrogens (tertiary/aromatic N) is 1. The van der Waals surface area contributed by atoms with Gasteiger partial charge in [-0.15, -0.1) is 11.8 Å². The number of carbonyl (C=O) groups excluding carboxylic acids is 1. The van der Waals surface area contributed by atoms with Crippen LogP contribution in [0.25, 0.3) is 0 Å². The third-order valence-electron chi connectivity index (χ3n) is 2.17. The highest BCUT2D eigenvalue weighted by Gasteiger charge is 2.05. The second-order valence-corrected chi connectivity index (χ2v) is 4.46. The van der Waals surface area contributed by atoms with Gasteiger partial charge in [0.05, 0.1) is 24.0 Å². The van der Waals surface area contributed by atoms with E-state index in [2.05, 4.69) is 6.07 Å². The molecule has 0 heterocycles. The number of rotatable bonds is 7. The molecule has 4 nitrogen and oxygen atoms in total. The van der Waals surface area contributed by atoms with Crippen LogP contribution in [0.15, 0.2) is 24.3 Å². The molecule has 0 spiro atoms. The van der Waals surface area contributed by atoms with E-state index < -0.39 is 0 Å². The number of benzene rings is 1. The lowest BCUT2D eigenvalue weighted by Gasteiger charge is -2.05. The van der Waals surface area contributed by atoms with Gasteiger partial charge in [-0.05, 0) is 11.6 Å². The lowest BCUT2D eigenvalue weighted by Crippen LogP contribution is -2.11. The summed E-state index contributed by atoms with van der Waals surface area (Å²) < 4.78 is 9.70. The summed E-state index contributed by atoms with van der Waals surface area (Å²) in [4.78, 5) is 11.3. The molecule has 0 aliphatic heterocycles. The van der Waals surface area contributed by atoms with Crippen LogP contribution >= 0.6 is 11.8 Å². The fourth-order valence-corrected chi connectivity index (χ4v) is 2.10. The molecule has 0 saturated heterocycles. The minimum absolute atomic E-state index is 0.258. The lowest BCUT2D eigenvalue weighted by atomic mass is 10.1. The standard InChI is InChI=1S/C13H15NO3S/c1-16-6-7-17-13(15)10-18-9-12-5-3-2-4-11(12)8-14/h2-5H,6-7,9-10H2,1H3. The van der Waals surface area contributed by atoms with Gasteiger partial charge in [0.2, 0.25) is 0 Å². The maximum absolute atomic E-state index is 11.3. The number of nitriles is 1. The van der Waals surface area contributed by atoms with E-state index in [9.17, 15) is 4.79 Å². The Bertz CT molecular complexity index is 428. The first-order chi connectivity index (χ1) is 8.77. The Kier molecular flexibility index (Phi) is 6.92. The van der Waals surface area contributed by atoms with Crippen LogP contribution in [0.3, 0.4) is 0 Å². The molecule has 5 heteroatoms. The number of ether oxygens (including phenoxy) is 2. The molecule has 0 unspecified atom stereocenters. The van der Waals surface area contributed by atoms with Crippen LogP contribution in [0.1, 0.15) is 11.1 Å². The second-order valence-electron chi connectivity index (χ2n) is 3.48. The van der Waals surface area contributed by atoms with Gasteiger partial charge in [0, 0.05) is 12.9 Å². The topological polar surface area (TPSA) is 59.3 Å². The smallest absolute Gasteiger partial charge is 0.315 e. The quantitative estimate of drug-likeness (QED) is 0.557. The fraction of sp³-hybridized carbons (Fsp3) is 0.385. The third-order valence-corrected chi connectivity index (χ3v) is 3.12. The summed E-state index contributed by atoms with van der Waals surface area (Å²) in [5, 5.41) is 8.91. The molecule has 0 bridgehead atoms. The van der Waals surface area contributed by atoms with Gasteiger partial charge in [0.25, 0.3) is 0 Å². The van der Waals surface area contributed by atoms with Crippen molar-refractivity contribution in [3.05, 3.63) is 35.4 Å². The molecule has 0 aliphatic rings. The predicted molar refractivity (Wildman–Crippen MR) is 70.2 cm³/mol. The van der Waals surface area contributed by atoms with Crippen LogP contribution < -0.4 is 0 Å². The van der Waals surface area contributed by atoms with Crippen molar-refractivity contribution in [3.8, 4) is 6.07 Å². The van der Waals surface area contributed by atoms with Crippen molar-refractivity contribution in [3.63, 3.8) is 0 Å². The molecule has 0 radical (unpaired) electrons. The van der Waals surface area contributed by atoms with Crippen molar-refractivity contribution in [1.29, 1.82) is 5.26 Å². The zero-order valence-corrected chi connectivity index (χ0v) is 11.0. The minimum Gasteiger partial charge on any atom is -0.463 e. The largest absolute Gasteiger partial charge is 0.463 e. The number of hydrogen-bond acceptors (Lipinski definition) is 5. The number of thioether (sulfide) groups is 1. The van der Waals surface area contributed by atoms with Gasteiger partial charge in [-0.1, -0.05) is 18.2 Å². The van der Waals surface area contributed by atoms with Gasteiger partial charge in [0.15, 0.2) is 0 Å². The van der Waals surface area contributed by atoms with Crippen molar-refractivity contribution < 1.29 is 14.3 Å². The van der Waals surface area contributed by atoms with E-state index in [1.165, 1.54) is 11.8 Å². The summed E-state index contributed by atoms with van der Waals surface area (Å²) in [5.41, 5.74) is 1.59. The normalized spacial score (nSPS) is 9.78. The summed E-state index contributed by atoms with van der Waals surface area (Å²) in [5.74, 6) is 0.651. The van der Waals surface area contributed by atoms with Crippen molar-refractivity contribution in [2.45, 2.75) is 5.75 Å². The van der Waals surface area contributed by atoms with Gasteiger partial charge in [-0.2, -0.15) is 5.26 Å². The van der Waals surface area contributed by atoms with Crippen LogP contribution in [0.5, 0.6) is 0 Å². The first-order valence-electron chi connectivity index (χ1n) is 5.48. The summed E-state index contributed by atoms with van der Waals surface area (Å²) in [6.45, 7) is 0.693. The van der Waals surface area contributed by atoms with Gasteiger partial charge in [-0.25, -0.2) is 0 Å². The first-order valence-corrected chi connectivity index (χ1v) is 6.63. The van der Waals surface area contributed by atoms with Crippen molar-refractivity contribution in [2.24, 2.45) is 0 Å². The SMILES string of the molecule is COCCOC(=O)CSCc1ccccc1C#N. The van der Waals surface area contributed by atoms with Crippen molar-refractivity contribution in [1.82, 2.24) is 0 Å². The van der Waals surface area contributed by atoms with E-state index >= 15 is 0 Å². The maximum Gasteiger partial charge on any atom is 0.315 e. The van der Waals surface area contributed by atoms with E-state index in [4.69, 9.17) is 14.7 Å². The molecular formula is C13H15NO3S. The molecule has 0 N–H and O–H groups in total. The highest BCUT2D eigenvalue weighted by Crippen LogP contribution is 2.15. The predicted octanol–water partition coefficient (Wildman–Crippen LogP) is 1.98. The zero-order valence-electron chi connectivity index (χ0n) is 10.2. The Morgan fingerprint density at radius 2 is 2.17 bits per heavy atom. The van der Waals surface area contributed by atoms with Gasteiger partial charge in [0.1, 0.15) is 6.61 Å². The zero-order chi connectivity index (χ0) is 13.2. The summed E-state index contributed by atoms with van der Waals surface area (Å²) in [7, 11) is 1.56. The van der Waals surface area contributed by atoms with Gasteiger partial charge < -0.3 is 9.47 Å². The molecule has 0 saturated carbocycles. The first kappa shape index (κ1) is 14.6. The van der Waals surface area contributed by atoms with Crippen LogP contribution in [-0.4, -0.2) is 32.0 Å². The van der Waals surface area contributed by atoms with Gasteiger partial charge >= 0.3 is 5.97 Å². The number of methoxy groups -OCH3 is 1. The summed E-state index contributed by atoms with van der Waals surface area (Å²) in [6.07, 6.45) is 0. The molecule has 0 amide bonds. The van der Waals surface area contributed by atoms with E-state index in [-0.39, 0.29) is 18.3 Å². The lowest BCUT2D eigenvalue weighted by molar-refractivity contribution is -0.141. The molecular weight excluding hydrogens is 250 g/mol. The maximum atomic E-state index is 11.3. The van der Waals surface area contributed by atoms with E-state index in [0.717, 1.165) is 5.56 Å². The van der Waals surface area contributed by atoms with Crippen molar-refractivity contribution >= 4 is 17.7 Å². The van der Waals surface area contributed by atoms with Gasteiger partial charge in [-0.3, -0.25) is 4.79 Å². The Morgan fingerprint density at radius 3 is 2.89 bits per heavy atom. The average Bonchev–Trinajstić information content (AvgIpc) is 2.39. The van der Waals surface area contributed by atoms with Crippen LogP contribution in [-0.2, 0) is 20.0 Å². The van der Waals surface area contributed by atoms with Crippen LogP contribution in [0.2, 0.25) is 0 Å². The summed E-state index contributed by atoms with van der Waals surface area (Å²) in [6, 6.07) is 9.50. The van der Waals surface area contributed by atoms with Crippen LogP contribution in [0, 0.1) is 11.3 Å². The number of carbonyl (C=O) groups is 1. The molecule has 1 rings (SSSR count). The van der Waals surface area contributed by atoms with E-state index in [1.54, 1.807) is 13.2 Å². The molecule has 1 aromatic rings. The Labute approximate surface area is 111 Å². The summed E-state index contributed by atoms with van der Waals surface area (Å²) >= 11 is 1.44. The number of hydrogen-bond donors (Lipinski definition) is 0. The Hall–Kier alpha value is -1.51. The second kappa shape index (κ2) is 8.56. The van der Waals surface area contributed by atoms with E-state index in [0.29, 0.717) is 17.9 Å². The fourth-order valence-electron chi connectivity index (χ4n) is 1.28. The van der Waals surface area contributed by atoms with E-state index in [1.807, 2.05) is 18.2 Å². The molecule has 1 aromatic carbocycles. The number of esters is 1. The van der Waals surface area contributed by atoms with Crippen molar-refractivity contribution in [2.75, 3.05) is 26.1 Å². The molecule has 0 aliphatic carbocycles. The molecule has 0 aromatic heterocycles. The molecule has 18 heavy (non-hydrogen) atoms. The average molecular weight is 265 g/mol. The molecule has 0 fully saturated rings.